The summed E-state index contributed by atoms with van der Waals surface area (Å²) in [7, 11) is 0. The Labute approximate surface area is 132 Å². The van der Waals surface area contributed by atoms with Crippen molar-refractivity contribution < 1.29 is 4.57 Å². The summed E-state index contributed by atoms with van der Waals surface area (Å²) in [5.74, 6) is 1.08. The minimum absolute atomic E-state index is 0.833. The summed E-state index contributed by atoms with van der Waals surface area (Å²) in [6, 6.07) is 8.87. The SMILES string of the molecule is Cc1nc(C)n2c1-c1cccc3sc4c(C)cc[n+](c4c13)C2. The summed E-state index contributed by atoms with van der Waals surface area (Å²) in [6.07, 6.45) is 2.21. The van der Waals surface area contributed by atoms with Crippen molar-refractivity contribution in [2.75, 3.05) is 0 Å². The Hall–Kier alpha value is -2.20. The molecule has 5 rings (SSSR count). The van der Waals surface area contributed by atoms with E-state index in [1.54, 1.807) is 0 Å². The first-order chi connectivity index (χ1) is 10.6. The average Bonchev–Trinajstić information content (AvgIpc) is 2.95. The number of aromatic nitrogens is 3. The van der Waals surface area contributed by atoms with Crippen LogP contribution in [0.3, 0.4) is 0 Å². The van der Waals surface area contributed by atoms with Crippen LogP contribution in [0.25, 0.3) is 31.6 Å². The molecule has 3 aromatic heterocycles. The standard InChI is InChI=1S/C18H16N3S/c1-10-7-8-20-9-21-12(3)19-11(2)16(21)13-5-4-6-14-15(13)17(20)18(10)22-14/h4-8H,9H2,1-3H3/q+1. The maximum absolute atomic E-state index is 4.71. The largest absolute Gasteiger partial charge is 0.271 e. The molecule has 0 atom stereocenters. The number of aryl methyl sites for hydroxylation is 3. The molecule has 0 spiro atoms. The molecule has 4 aromatic rings. The molecule has 108 valence electrons. The highest BCUT2D eigenvalue weighted by Gasteiger charge is 2.28. The van der Waals surface area contributed by atoms with Gasteiger partial charge in [0, 0.05) is 16.3 Å². The van der Waals surface area contributed by atoms with Crippen LogP contribution in [0.4, 0.5) is 0 Å². The zero-order valence-electron chi connectivity index (χ0n) is 12.8. The van der Waals surface area contributed by atoms with Gasteiger partial charge in [-0.2, -0.15) is 4.57 Å². The minimum atomic E-state index is 0.833. The Morgan fingerprint density at radius 3 is 2.91 bits per heavy atom. The van der Waals surface area contributed by atoms with E-state index in [-0.39, 0.29) is 0 Å². The maximum atomic E-state index is 4.71. The van der Waals surface area contributed by atoms with Crippen molar-refractivity contribution in [3.05, 3.63) is 47.5 Å². The number of thiophene rings is 1. The number of pyridine rings is 1. The second kappa shape index (κ2) is 3.96. The van der Waals surface area contributed by atoms with Crippen LogP contribution < -0.4 is 4.57 Å². The van der Waals surface area contributed by atoms with Crippen molar-refractivity contribution in [1.82, 2.24) is 9.55 Å². The fourth-order valence-corrected chi connectivity index (χ4v) is 4.94. The third-order valence-corrected chi connectivity index (χ3v) is 6.00. The van der Waals surface area contributed by atoms with Crippen molar-refractivity contribution in [2.24, 2.45) is 0 Å². The molecule has 3 nitrogen and oxygen atoms in total. The fraction of sp³-hybridized carbons (Fsp3) is 0.222. The van der Waals surface area contributed by atoms with Gasteiger partial charge in [0.25, 0.3) is 0 Å². The third-order valence-electron chi connectivity index (χ3n) is 4.72. The fourth-order valence-electron chi connectivity index (χ4n) is 3.72. The zero-order chi connectivity index (χ0) is 15.0. The second-order valence-electron chi connectivity index (χ2n) is 6.09. The molecule has 0 bridgehead atoms. The Morgan fingerprint density at radius 1 is 1.18 bits per heavy atom. The highest BCUT2D eigenvalue weighted by molar-refractivity contribution is 7.26. The summed E-state index contributed by atoms with van der Waals surface area (Å²) in [5, 5.41) is 1.38. The van der Waals surface area contributed by atoms with Crippen molar-refractivity contribution in [2.45, 2.75) is 27.4 Å². The molecular formula is C18H16N3S+. The molecule has 0 fully saturated rings. The van der Waals surface area contributed by atoms with E-state index in [2.05, 4.69) is 60.4 Å². The number of imidazole rings is 1. The van der Waals surface area contributed by atoms with Gasteiger partial charge in [0.1, 0.15) is 10.5 Å². The van der Waals surface area contributed by atoms with Gasteiger partial charge in [0.15, 0.2) is 6.20 Å². The second-order valence-corrected chi connectivity index (χ2v) is 7.14. The molecule has 0 aliphatic carbocycles. The lowest BCUT2D eigenvalue weighted by Gasteiger charge is -2.06. The van der Waals surface area contributed by atoms with Gasteiger partial charge in [0.05, 0.1) is 16.8 Å². The Morgan fingerprint density at radius 2 is 2.05 bits per heavy atom. The van der Waals surface area contributed by atoms with E-state index < -0.39 is 0 Å². The van der Waals surface area contributed by atoms with Crippen LogP contribution in [-0.4, -0.2) is 9.55 Å². The number of hydrogen-bond donors (Lipinski definition) is 0. The first kappa shape index (κ1) is 12.4. The predicted octanol–water partition coefficient (Wildman–Crippen LogP) is 3.95. The van der Waals surface area contributed by atoms with Crippen LogP contribution >= 0.6 is 11.3 Å². The summed E-state index contributed by atoms with van der Waals surface area (Å²) >= 11 is 1.90. The number of rotatable bonds is 0. The van der Waals surface area contributed by atoms with Crippen LogP contribution in [0.15, 0.2) is 30.5 Å². The minimum Gasteiger partial charge on any atom is -0.271 e. The van der Waals surface area contributed by atoms with Crippen molar-refractivity contribution in [1.29, 1.82) is 0 Å². The Bertz CT molecular complexity index is 1090. The first-order valence-corrected chi connectivity index (χ1v) is 8.35. The molecule has 0 radical (unpaired) electrons. The van der Waals surface area contributed by atoms with Crippen LogP contribution in [0.2, 0.25) is 0 Å². The van der Waals surface area contributed by atoms with E-state index in [4.69, 9.17) is 4.98 Å². The van der Waals surface area contributed by atoms with Crippen LogP contribution in [0, 0.1) is 20.8 Å². The molecule has 0 saturated heterocycles. The quantitative estimate of drug-likeness (QED) is 0.397. The Balaban J connectivity index is 2.11. The van der Waals surface area contributed by atoms with E-state index in [1.807, 2.05) is 11.3 Å². The molecule has 1 aliphatic rings. The zero-order valence-corrected chi connectivity index (χ0v) is 13.7. The van der Waals surface area contributed by atoms with E-state index >= 15 is 0 Å². The van der Waals surface area contributed by atoms with E-state index in [0.717, 1.165) is 18.2 Å². The average molecular weight is 306 g/mol. The summed E-state index contributed by atoms with van der Waals surface area (Å²) in [4.78, 5) is 4.71. The molecule has 22 heavy (non-hydrogen) atoms. The lowest BCUT2D eigenvalue weighted by Crippen LogP contribution is -2.37. The van der Waals surface area contributed by atoms with Gasteiger partial charge >= 0.3 is 0 Å². The van der Waals surface area contributed by atoms with E-state index in [1.165, 1.54) is 37.1 Å². The van der Waals surface area contributed by atoms with Gasteiger partial charge < -0.3 is 0 Å². The van der Waals surface area contributed by atoms with Gasteiger partial charge in [0.2, 0.25) is 12.2 Å². The summed E-state index contributed by atoms with van der Waals surface area (Å²) < 4.78 is 7.47. The van der Waals surface area contributed by atoms with Gasteiger partial charge in [-0.15, -0.1) is 11.3 Å². The lowest BCUT2D eigenvalue weighted by molar-refractivity contribution is -0.675. The molecule has 0 unspecified atom stereocenters. The van der Waals surface area contributed by atoms with Crippen molar-refractivity contribution in [3.63, 3.8) is 0 Å². The van der Waals surface area contributed by atoms with Crippen molar-refractivity contribution in [3.8, 4) is 11.3 Å². The topological polar surface area (TPSA) is 21.7 Å². The number of hydrogen-bond acceptors (Lipinski definition) is 2. The molecule has 0 saturated carbocycles. The van der Waals surface area contributed by atoms with E-state index in [9.17, 15) is 0 Å². The lowest BCUT2D eigenvalue weighted by atomic mass is 10.0. The van der Waals surface area contributed by atoms with Gasteiger partial charge in [-0.05, 0) is 32.4 Å². The van der Waals surface area contributed by atoms with Crippen LogP contribution in [-0.2, 0) is 6.67 Å². The van der Waals surface area contributed by atoms with Gasteiger partial charge in [-0.3, -0.25) is 4.57 Å². The highest BCUT2D eigenvalue weighted by atomic mass is 32.1. The first-order valence-electron chi connectivity index (χ1n) is 7.53. The molecular weight excluding hydrogens is 290 g/mol. The molecule has 4 heteroatoms. The summed E-state index contributed by atoms with van der Waals surface area (Å²) in [5.41, 5.74) is 6.44. The van der Waals surface area contributed by atoms with Crippen LogP contribution in [0.1, 0.15) is 17.1 Å². The van der Waals surface area contributed by atoms with Gasteiger partial charge in [-0.1, -0.05) is 12.1 Å². The third kappa shape index (κ3) is 1.36. The highest BCUT2D eigenvalue weighted by Crippen LogP contribution is 2.41. The molecule has 4 heterocycles. The normalized spacial score (nSPS) is 13.0. The van der Waals surface area contributed by atoms with Gasteiger partial charge in [-0.25, -0.2) is 4.98 Å². The molecule has 1 aliphatic heterocycles. The monoisotopic (exact) mass is 306 g/mol. The Kier molecular flexibility index (Phi) is 2.22. The van der Waals surface area contributed by atoms with E-state index in [0.29, 0.717) is 0 Å². The summed E-state index contributed by atoms with van der Waals surface area (Å²) in [6.45, 7) is 7.26. The molecule has 1 aromatic carbocycles. The number of nitrogens with zero attached hydrogens (tertiary/aromatic N) is 3. The molecule has 0 amide bonds. The van der Waals surface area contributed by atoms with Crippen LogP contribution in [0.5, 0.6) is 0 Å². The number of fused-ring (bicyclic) bond motifs is 2. The smallest absolute Gasteiger partial charge is 0.233 e. The number of benzene rings is 1. The maximum Gasteiger partial charge on any atom is 0.233 e. The molecule has 0 N–H and O–H groups in total. The predicted molar refractivity (Wildman–Crippen MR) is 90.4 cm³/mol. The van der Waals surface area contributed by atoms with Crippen molar-refractivity contribution >= 4 is 31.6 Å².